The summed E-state index contributed by atoms with van der Waals surface area (Å²) in [6, 6.07) is 5.90. The molecule has 0 aromatic heterocycles. The second kappa shape index (κ2) is 6.18. The average Bonchev–Trinajstić information content (AvgIpc) is 2.40. The SMILES string of the molecule is CCOC(=O)C(C(C)=O)C1OCCc2c(C)cccc21. The molecule has 4 nitrogen and oxygen atoms in total. The summed E-state index contributed by atoms with van der Waals surface area (Å²) in [6.45, 7) is 5.96. The van der Waals surface area contributed by atoms with E-state index in [4.69, 9.17) is 9.47 Å². The van der Waals surface area contributed by atoms with Gasteiger partial charge in [0, 0.05) is 0 Å². The highest BCUT2D eigenvalue weighted by atomic mass is 16.5. The van der Waals surface area contributed by atoms with Crippen molar-refractivity contribution in [3.8, 4) is 0 Å². The number of aryl methyl sites for hydroxylation is 1. The van der Waals surface area contributed by atoms with Crippen molar-refractivity contribution < 1.29 is 19.1 Å². The smallest absolute Gasteiger partial charge is 0.319 e. The zero-order valence-corrected chi connectivity index (χ0v) is 12.1. The predicted octanol–water partition coefficient (Wildman–Crippen LogP) is 2.38. The lowest BCUT2D eigenvalue weighted by molar-refractivity contribution is -0.158. The summed E-state index contributed by atoms with van der Waals surface area (Å²) in [5.74, 6) is -1.60. The lowest BCUT2D eigenvalue weighted by Crippen LogP contribution is -2.34. The van der Waals surface area contributed by atoms with Crippen molar-refractivity contribution in [2.24, 2.45) is 5.92 Å². The maximum atomic E-state index is 12.1. The van der Waals surface area contributed by atoms with E-state index in [0.29, 0.717) is 6.61 Å². The van der Waals surface area contributed by atoms with Crippen LogP contribution in [0.15, 0.2) is 18.2 Å². The number of carbonyl (C=O) groups excluding carboxylic acids is 2. The molecule has 0 amide bonds. The van der Waals surface area contributed by atoms with Gasteiger partial charge in [-0.2, -0.15) is 0 Å². The first-order valence-electron chi connectivity index (χ1n) is 6.93. The monoisotopic (exact) mass is 276 g/mol. The topological polar surface area (TPSA) is 52.6 Å². The molecular weight excluding hydrogens is 256 g/mol. The highest BCUT2D eigenvalue weighted by molar-refractivity contribution is 5.98. The number of Topliss-reactive ketones (excluding diaryl/α,β-unsaturated/α-hetero) is 1. The molecule has 1 aromatic rings. The van der Waals surface area contributed by atoms with Crippen LogP contribution in [0.5, 0.6) is 0 Å². The molecule has 0 spiro atoms. The van der Waals surface area contributed by atoms with Gasteiger partial charge in [-0.05, 0) is 43.9 Å². The highest BCUT2D eigenvalue weighted by Gasteiger charge is 2.38. The maximum absolute atomic E-state index is 12.1. The second-order valence-electron chi connectivity index (χ2n) is 5.02. The van der Waals surface area contributed by atoms with Gasteiger partial charge in [-0.1, -0.05) is 18.2 Å². The van der Waals surface area contributed by atoms with Crippen LogP contribution in [0.2, 0.25) is 0 Å². The van der Waals surface area contributed by atoms with Crippen LogP contribution < -0.4 is 0 Å². The van der Waals surface area contributed by atoms with Crippen molar-refractivity contribution in [2.75, 3.05) is 13.2 Å². The third-order valence-corrected chi connectivity index (χ3v) is 3.68. The summed E-state index contributed by atoms with van der Waals surface area (Å²) >= 11 is 0. The number of ketones is 1. The van der Waals surface area contributed by atoms with E-state index in [1.807, 2.05) is 25.1 Å². The van der Waals surface area contributed by atoms with Crippen molar-refractivity contribution in [3.63, 3.8) is 0 Å². The van der Waals surface area contributed by atoms with Crippen LogP contribution in [0.1, 0.15) is 36.6 Å². The van der Waals surface area contributed by atoms with Gasteiger partial charge in [-0.25, -0.2) is 0 Å². The summed E-state index contributed by atoms with van der Waals surface area (Å²) < 4.78 is 10.8. The second-order valence-corrected chi connectivity index (χ2v) is 5.02. The summed E-state index contributed by atoms with van der Waals surface area (Å²) in [4.78, 5) is 23.9. The van der Waals surface area contributed by atoms with Gasteiger partial charge in [0.05, 0.1) is 13.2 Å². The fourth-order valence-corrected chi connectivity index (χ4v) is 2.72. The Labute approximate surface area is 119 Å². The molecule has 0 saturated heterocycles. The zero-order chi connectivity index (χ0) is 14.7. The Morgan fingerprint density at radius 1 is 1.45 bits per heavy atom. The minimum Gasteiger partial charge on any atom is -0.465 e. The van der Waals surface area contributed by atoms with Gasteiger partial charge in [-0.15, -0.1) is 0 Å². The lowest BCUT2D eigenvalue weighted by atomic mass is 9.85. The van der Waals surface area contributed by atoms with Crippen LogP contribution in [-0.4, -0.2) is 25.0 Å². The molecule has 20 heavy (non-hydrogen) atoms. The van der Waals surface area contributed by atoms with Crippen LogP contribution in [0.4, 0.5) is 0 Å². The highest BCUT2D eigenvalue weighted by Crippen LogP contribution is 2.35. The minimum atomic E-state index is -0.879. The number of benzene rings is 1. The molecule has 1 aromatic carbocycles. The molecule has 1 aliphatic heterocycles. The normalized spacial score (nSPS) is 19.1. The van der Waals surface area contributed by atoms with Crippen LogP contribution in [0, 0.1) is 12.8 Å². The Kier molecular flexibility index (Phi) is 4.55. The Hall–Kier alpha value is -1.68. The summed E-state index contributed by atoms with van der Waals surface area (Å²) in [5.41, 5.74) is 3.28. The fraction of sp³-hybridized carbons (Fsp3) is 0.500. The van der Waals surface area contributed by atoms with Crippen molar-refractivity contribution in [1.82, 2.24) is 0 Å². The van der Waals surface area contributed by atoms with E-state index >= 15 is 0 Å². The van der Waals surface area contributed by atoms with Gasteiger partial charge in [0.25, 0.3) is 0 Å². The Morgan fingerprint density at radius 3 is 2.85 bits per heavy atom. The first kappa shape index (κ1) is 14.7. The Balaban J connectivity index is 2.39. The molecule has 2 rings (SSSR count). The number of fused-ring (bicyclic) bond motifs is 1. The number of carbonyl (C=O) groups is 2. The van der Waals surface area contributed by atoms with E-state index in [9.17, 15) is 9.59 Å². The summed E-state index contributed by atoms with van der Waals surface area (Å²) in [7, 11) is 0. The average molecular weight is 276 g/mol. The van der Waals surface area contributed by atoms with E-state index in [1.165, 1.54) is 18.1 Å². The quantitative estimate of drug-likeness (QED) is 0.626. The van der Waals surface area contributed by atoms with Crippen LogP contribution >= 0.6 is 0 Å². The van der Waals surface area contributed by atoms with Crippen LogP contribution in [-0.2, 0) is 25.5 Å². The molecule has 0 radical (unpaired) electrons. The Bertz CT molecular complexity index is 521. The van der Waals surface area contributed by atoms with Gasteiger partial charge >= 0.3 is 5.97 Å². The van der Waals surface area contributed by atoms with Crippen molar-refractivity contribution in [2.45, 2.75) is 33.3 Å². The van der Waals surface area contributed by atoms with Crippen LogP contribution in [0.25, 0.3) is 0 Å². The number of hydrogen-bond donors (Lipinski definition) is 0. The number of hydrogen-bond acceptors (Lipinski definition) is 4. The molecule has 108 valence electrons. The maximum Gasteiger partial charge on any atom is 0.319 e. The van der Waals surface area contributed by atoms with Gasteiger partial charge in [-0.3, -0.25) is 9.59 Å². The molecule has 0 saturated carbocycles. The molecule has 2 unspecified atom stereocenters. The van der Waals surface area contributed by atoms with E-state index in [1.54, 1.807) is 6.92 Å². The van der Waals surface area contributed by atoms with E-state index in [2.05, 4.69) is 0 Å². The number of rotatable bonds is 4. The number of ether oxygens (including phenoxy) is 2. The standard InChI is InChI=1S/C16H20O4/c1-4-19-16(18)14(11(3)17)15-13-7-5-6-10(2)12(13)8-9-20-15/h5-7,14-15H,4,8-9H2,1-3H3. The zero-order valence-electron chi connectivity index (χ0n) is 12.1. The van der Waals surface area contributed by atoms with Crippen molar-refractivity contribution >= 4 is 11.8 Å². The first-order valence-corrected chi connectivity index (χ1v) is 6.93. The molecular formula is C16H20O4. The molecule has 0 bridgehead atoms. The van der Waals surface area contributed by atoms with Crippen molar-refractivity contribution in [3.05, 3.63) is 34.9 Å². The summed E-state index contributed by atoms with van der Waals surface area (Å²) in [6.07, 6.45) is 0.279. The molecule has 2 atom stereocenters. The van der Waals surface area contributed by atoms with E-state index < -0.39 is 18.0 Å². The molecule has 1 heterocycles. The van der Waals surface area contributed by atoms with Gasteiger partial charge in [0.2, 0.25) is 0 Å². The lowest BCUT2D eigenvalue weighted by Gasteiger charge is -2.31. The summed E-state index contributed by atoms with van der Waals surface area (Å²) in [5, 5.41) is 0. The first-order chi connectivity index (χ1) is 9.56. The minimum absolute atomic E-state index is 0.220. The van der Waals surface area contributed by atoms with Gasteiger partial charge in [0.15, 0.2) is 0 Å². The fourth-order valence-electron chi connectivity index (χ4n) is 2.72. The molecule has 0 aliphatic carbocycles. The molecule has 1 aliphatic rings. The molecule has 0 fully saturated rings. The molecule has 4 heteroatoms. The largest absolute Gasteiger partial charge is 0.465 e. The molecule has 0 N–H and O–H groups in total. The van der Waals surface area contributed by atoms with Gasteiger partial charge in [0.1, 0.15) is 17.8 Å². The van der Waals surface area contributed by atoms with Crippen LogP contribution in [0.3, 0.4) is 0 Å². The Morgan fingerprint density at radius 2 is 2.20 bits per heavy atom. The van der Waals surface area contributed by atoms with E-state index in [-0.39, 0.29) is 12.4 Å². The third kappa shape index (κ3) is 2.75. The van der Waals surface area contributed by atoms with E-state index in [0.717, 1.165) is 12.0 Å². The third-order valence-electron chi connectivity index (χ3n) is 3.68. The van der Waals surface area contributed by atoms with Gasteiger partial charge < -0.3 is 9.47 Å². The van der Waals surface area contributed by atoms with Crippen molar-refractivity contribution in [1.29, 1.82) is 0 Å². The predicted molar refractivity (Wildman–Crippen MR) is 74.4 cm³/mol. The number of esters is 1.